The highest BCUT2D eigenvalue weighted by Crippen LogP contribution is 2.50. The fraction of sp³-hybridized carbons (Fsp3) is 1.00. The first-order valence-corrected chi connectivity index (χ1v) is 4.84. The van der Waals surface area contributed by atoms with E-state index in [1.807, 2.05) is 0 Å². The van der Waals surface area contributed by atoms with Crippen molar-refractivity contribution in [3.8, 4) is 0 Å². The molecule has 5 nitrogen and oxygen atoms in total. The number of likely N-dealkylation sites (N-methyl/N-ethyl adjacent to an activating group) is 1. The lowest BCUT2D eigenvalue weighted by molar-refractivity contribution is -0.877. The van der Waals surface area contributed by atoms with E-state index in [1.165, 1.54) is 21.1 Å². The molecule has 0 aliphatic heterocycles. The molecule has 0 radical (unpaired) electrons. The molecule has 0 bridgehead atoms. The van der Waals surface area contributed by atoms with Crippen LogP contribution in [0.2, 0.25) is 0 Å². The van der Waals surface area contributed by atoms with Crippen LogP contribution in [0.15, 0.2) is 0 Å². The Hall–Kier alpha value is -0.0000000000000000416. The fourth-order valence-electron chi connectivity index (χ4n) is 0.696. The second kappa shape index (κ2) is 3.05. The van der Waals surface area contributed by atoms with Crippen molar-refractivity contribution < 1.29 is 28.3 Å². The highest BCUT2D eigenvalue weighted by atomic mass is 31.2. The summed E-state index contributed by atoms with van der Waals surface area (Å²) in [7, 11) is -0.550. The summed E-state index contributed by atoms with van der Waals surface area (Å²) < 4.78 is 23.2. The first-order valence-electron chi connectivity index (χ1n) is 3.23. The van der Waals surface area contributed by atoms with E-state index in [9.17, 15) is 8.96 Å². The lowest BCUT2D eigenvalue weighted by atomic mass is 10.5. The number of aliphatic hydroxyl groups is 1. The van der Waals surface area contributed by atoms with Crippen molar-refractivity contribution >= 4 is 7.60 Å². The molecule has 3 N–H and O–H groups in total. The maximum atomic E-state index is 12.9. The van der Waals surface area contributed by atoms with Crippen LogP contribution in [0.25, 0.3) is 0 Å². The Kier molecular flexibility index (Phi) is 3.05. The van der Waals surface area contributed by atoms with Crippen LogP contribution in [-0.2, 0) is 4.57 Å². The van der Waals surface area contributed by atoms with Gasteiger partial charge in [-0.05, 0) is 0 Å². The maximum Gasteiger partial charge on any atom is 0.395 e. The Morgan fingerprint density at radius 1 is 1.42 bits per heavy atom. The number of alkyl halides is 1. The van der Waals surface area contributed by atoms with Gasteiger partial charge in [-0.25, -0.2) is 0 Å². The predicted molar refractivity (Wildman–Crippen MR) is 41.0 cm³/mol. The zero-order chi connectivity index (χ0) is 10.2. The fourth-order valence-corrected chi connectivity index (χ4v) is 1.30. The van der Waals surface area contributed by atoms with Crippen LogP contribution in [0.1, 0.15) is 0 Å². The monoisotopic (exact) mass is 202 g/mol. The van der Waals surface area contributed by atoms with Crippen molar-refractivity contribution in [2.75, 3.05) is 27.7 Å². The number of quaternary nitrogens is 1. The van der Waals surface area contributed by atoms with Crippen molar-refractivity contribution in [2.45, 2.75) is 5.60 Å². The molecule has 74 valence electrons. The highest BCUT2D eigenvalue weighted by molar-refractivity contribution is 7.53. The van der Waals surface area contributed by atoms with Crippen molar-refractivity contribution in [1.29, 1.82) is 0 Å². The van der Waals surface area contributed by atoms with Gasteiger partial charge in [0.15, 0.2) is 6.54 Å². The summed E-state index contributed by atoms with van der Waals surface area (Å²) in [4.78, 5) is 16.8. The zero-order valence-electron chi connectivity index (χ0n) is 7.23. The van der Waals surface area contributed by atoms with Gasteiger partial charge in [-0.15, -0.1) is 0 Å². The van der Waals surface area contributed by atoms with Gasteiger partial charge in [0.2, 0.25) is 0 Å². The molecule has 1 atom stereocenters. The summed E-state index contributed by atoms with van der Waals surface area (Å²) in [5.74, 6) is 0. The van der Waals surface area contributed by atoms with E-state index in [2.05, 4.69) is 0 Å². The Morgan fingerprint density at radius 3 is 1.83 bits per heavy atom. The number of nitrogens with zero attached hydrogens (tertiary/aromatic N) is 1. The summed E-state index contributed by atoms with van der Waals surface area (Å²) in [6, 6.07) is 0. The average molecular weight is 202 g/mol. The summed E-state index contributed by atoms with van der Waals surface area (Å²) in [5.41, 5.74) is -3.44. The van der Waals surface area contributed by atoms with Crippen LogP contribution < -0.4 is 0 Å². The summed E-state index contributed by atoms with van der Waals surface area (Å²) >= 11 is 0. The van der Waals surface area contributed by atoms with E-state index in [-0.39, 0.29) is 4.48 Å². The number of hydrogen-bond acceptors (Lipinski definition) is 2. The molecule has 7 heteroatoms. The molecule has 0 aromatic rings. The van der Waals surface area contributed by atoms with E-state index in [0.717, 1.165) is 0 Å². The van der Waals surface area contributed by atoms with Crippen LogP contribution in [0.5, 0.6) is 0 Å². The van der Waals surface area contributed by atoms with E-state index < -0.39 is 19.7 Å². The van der Waals surface area contributed by atoms with Crippen molar-refractivity contribution in [3.63, 3.8) is 0 Å². The summed E-state index contributed by atoms with van der Waals surface area (Å²) in [6.07, 6.45) is 0. The zero-order valence-corrected chi connectivity index (χ0v) is 8.12. The van der Waals surface area contributed by atoms with Crippen LogP contribution in [-0.4, -0.2) is 52.7 Å². The van der Waals surface area contributed by atoms with E-state index in [0.29, 0.717) is 0 Å². The predicted octanol–water partition coefficient (Wildman–Crippen LogP) is -0.514. The molecule has 0 aliphatic rings. The topological polar surface area (TPSA) is 77.8 Å². The number of rotatable bonds is 3. The highest BCUT2D eigenvalue weighted by Gasteiger charge is 2.50. The SMILES string of the molecule is C[N+](C)(C)CC(O)(F)P(=O)(O)O. The molecule has 0 aromatic carbocycles. The van der Waals surface area contributed by atoms with Gasteiger partial charge in [0.25, 0.3) is 0 Å². The molecular formula is C5H14FNO4P+. The molecule has 12 heavy (non-hydrogen) atoms. The van der Waals surface area contributed by atoms with Crippen LogP contribution >= 0.6 is 7.60 Å². The quantitative estimate of drug-likeness (QED) is 0.425. The molecule has 0 aromatic heterocycles. The molecule has 0 rings (SSSR count). The third-order valence-corrected chi connectivity index (χ3v) is 2.16. The Labute approximate surface area is 70.2 Å². The van der Waals surface area contributed by atoms with E-state index in [4.69, 9.17) is 14.9 Å². The van der Waals surface area contributed by atoms with E-state index in [1.54, 1.807) is 0 Å². The first kappa shape index (κ1) is 12.0. The number of halogens is 1. The Balaban J connectivity index is 4.56. The van der Waals surface area contributed by atoms with Gasteiger partial charge in [-0.3, -0.25) is 4.57 Å². The smallest absolute Gasteiger partial charge is 0.348 e. The molecule has 0 heterocycles. The van der Waals surface area contributed by atoms with E-state index >= 15 is 0 Å². The molecule has 0 fully saturated rings. The van der Waals surface area contributed by atoms with Gasteiger partial charge in [0.05, 0.1) is 21.1 Å². The van der Waals surface area contributed by atoms with Gasteiger partial charge in [0.1, 0.15) is 0 Å². The van der Waals surface area contributed by atoms with Crippen LogP contribution in [0.4, 0.5) is 4.39 Å². The van der Waals surface area contributed by atoms with Gasteiger partial charge in [-0.2, -0.15) is 4.39 Å². The minimum absolute atomic E-state index is 0.0713. The molecular weight excluding hydrogens is 188 g/mol. The molecule has 0 spiro atoms. The third-order valence-electron chi connectivity index (χ3n) is 1.12. The first-order chi connectivity index (χ1) is 4.96. The molecule has 0 aliphatic carbocycles. The maximum absolute atomic E-state index is 12.9. The van der Waals surface area contributed by atoms with Gasteiger partial charge in [0, 0.05) is 0 Å². The number of hydrogen-bond donors (Lipinski definition) is 3. The second-order valence-electron chi connectivity index (χ2n) is 3.71. The van der Waals surface area contributed by atoms with Crippen LogP contribution in [0.3, 0.4) is 0 Å². The Morgan fingerprint density at radius 2 is 1.75 bits per heavy atom. The van der Waals surface area contributed by atoms with Crippen molar-refractivity contribution in [1.82, 2.24) is 0 Å². The molecule has 1 unspecified atom stereocenters. The second-order valence-corrected chi connectivity index (χ2v) is 5.48. The molecule has 0 saturated heterocycles. The van der Waals surface area contributed by atoms with Gasteiger partial charge >= 0.3 is 13.2 Å². The molecule has 0 amide bonds. The Bertz CT molecular complexity index is 206. The van der Waals surface area contributed by atoms with Crippen LogP contribution in [0, 0.1) is 0 Å². The van der Waals surface area contributed by atoms with Gasteiger partial charge < -0.3 is 19.4 Å². The lowest BCUT2D eigenvalue weighted by Crippen LogP contribution is -2.46. The minimum Gasteiger partial charge on any atom is -0.348 e. The molecule has 0 saturated carbocycles. The largest absolute Gasteiger partial charge is 0.395 e. The lowest BCUT2D eigenvalue weighted by Gasteiger charge is -2.30. The normalized spacial score (nSPS) is 18.9. The third kappa shape index (κ3) is 3.60. The summed E-state index contributed by atoms with van der Waals surface area (Å²) in [5, 5.41) is 8.74. The summed E-state index contributed by atoms with van der Waals surface area (Å²) in [6.45, 7) is -0.655. The van der Waals surface area contributed by atoms with Crippen molar-refractivity contribution in [3.05, 3.63) is 0 Å². The van der Waals surface area contributed by atoms with Crippen molar-refractivity contribution in [2.24, 2.45) is 0 Å². The van der Waals surface area contributed by atoms with Gasteiger partial charge in [-0.1, -0.05) is 0 Å². The average Bonchev–Trinajstić information content (AvgIpc) is 1.52. The standard InChI is InChI=1S/C5H13FNO4P/c1-7(2,3)4-5(6,8)12(9,10)11/h8H,4H2,1-3H3,(H-,9,10,11)/p+1. The minimum atomic E-state index is -5.09.